The Morgan fingerprint density at radius 1 is 1.07 bits per heavy atom. The molecule has 0 saturated heterocycles. The van der Waals surface area contributed by atoms with Crippen molar-refractivity contribution >= 4 is 11.4 Å². The molecule has 0 bridgehead atoms. The van der Waals surface area contributed by atoms with Gasteiger partial charge in [0.05, 0.1) is 5.69 Å². The van der Waals surface area contributed by atoms with E-state index in [1.165, 1.54) is 21.2 Å². The lowest BCUT2D eigenvalue weighted by molar-refractivity contribution is -0.121. The molecule has 1 N–H and O–H groups in total. The third-order valence-corrected chi connectivity index (χ3v) is 4.56. The lowest BCUT2D eigenvalue weighted by atomic mass is 10.1. The van der Waals surface area contributed by atoms with E-state index in [9.17, 15) is 14.0 Å². The Hall–Kier alpha value is -3.81. The second kappa shape index (κ2) is 8.05. The standard InChI is InChI=1S/C21H18FN5O2/c22-17-3-1-16(2-4-17)18-13-19-21(29)26(11-12-27(19)25-18)10-7-20(28)24-14-15-5-8-23-9-6-15/h1-6,8-9,11-13H,7,10,14H2,(H,24,28). The number of aryl methyl sites for hydroxylation is 1. The van der Waals surface area contributed by atoms with Crippen molar-refractivity contribution in [3.63, 3.8) is 0 Å². The molecule has 146 valence electrons. The van der Waals surface area contributed by atoms with Crippen LogP contribution in [0.2, 0.25) is 0 Å². The molecular weight excluding hydrogens is 373 g/mol. The number of halogens is 1. The molecule has 0 unspecified atom stereocenters. The topological polar surface area (TPSA) is 81.3 Å². The predicted octanol–water partition coefficient (Wildman–Crippen LogP) is 2.40. The van der Waals surface area contributed by atoms with Crippen molar-refractivity contribution in [3.8, 4) is 11.3 Å². The lowest BCUT2D eigenvalue weighted by Crippen LogP contribution is -2.27. The second-order valence-electron chi connectivity index (χ2n) is 6.55. The Kier molecular flexibility index (Phi) is 5.15. The second-order valence-corrected chi connectivity index (χ2v) is 6.55. The Morgan fingerprint density at radius 3 is 2.59 bits per heavy atom. The highest BCUT2D eigenvalue weighted by Gasteiger charge is 2.10. The van der Waals surface area contributed by atoms with Crippen molar-refractivity contribution in [1.82, 2.24) is 24.5 Å². The van der Waals surface area contributed by atoms with Gasteiger partial charge in [0.1, 0.15) is 11.3 Å². The Labute approximate surface area is 165 Å². The zero-order valence-corrected chi connectivity index (χ0v) is 15.5. The fourth-order valence-corrected chi connectivity index (χ4v) is 2.98. The van der Waals surface area contributed by atoms with Gasteiger partial charge in [-0.3, -0.25) is 14.6 Å². The van der Waals surface area contributed by atoms with E-state index in [-0.39, 0.29) is 30.2 Å². The van der Waals surface area contributed by atoms with Crippen LogP contribution < -0.4 is 10.9 Å². The van der Waals surface area contributed by atoms with Gasteiger partial charge in [-0.2, -0.15) is 5.10 Å². The summed E-state index contributed by atoms with van der Waals surface area (Å²) in [6, 6.07) is 11.2. The van der Waals surface area contributed by atoms with Gasteiger partial charge < -0.3 is 9.88 Å². The van der Waals surface area contributed by atoms with Crippen molar-refractivity contribution in [2.24, 2.45) is 0 Å². The molecule has 1 amide bonds. The fourth-order valence-electron chi connectivity index (χ4n) is 2.98. The van der Waals surface area contributed by atoms with E-state index in [1.54, 1.807) is 43.0 Å². The highest BCUT2D eigenvalue weighted by atomic mass is 19.1. The van der Waals surface area contributed by atoms with Gasteiger partial charge >= 0.3 is 0 Å². The first-order valence-corrected chi connectivity index (χ1v) is 9.10. The number of fused-ring (bicyclic) bond motifs is 1. The zero-order chi connectivity index (χ0) is 20.2. The number of nitrogens with one attached hydrogen (secondary N) is 1. The van der Waals surface area contributed by atoms with Crippen molar-refractivity contribution in [3.05, 3.63) is 89.0 Å². The summed E-state index contributed by atoms with van der Waals surface area (Å²) in [4.78, 5) is 28.7. The van der Waals surface area contributed by atoms with E-state index in [2.05, 4.69) is 15.4 Å². The first kappa shape index (κ1) is 18.5. The maximum absolute atomic E-state index is 13.1. The van der Waals surface area contributed by atoms with Crippen LogP contribution in [0.15, 0.2) is 72.0 Å². The molecule has 0 radical (unpaired) electrons. The van der Waals surface area contributed by atoms with Gasteiger partial charge in [0.15, 0.2) is 0 Å². The summed E-state index contributed by atoms with van der Waals surface area (Å²) < 4.78 is 16.1. The summed E-state index contributed by atoms with van der Waals surface area (Å²) in [6.45, 7) is 0.674. The molecule has 0 saturated carbocycles. The lowest BCUT2D eigenvalue weighted by Gasteiger charge is -2.07. The minimum atomic E-state index is -0.331. The molecule has 0 aliphatic carbocycles. The number of hydrogen-bond acceptors (Lipinski definition) is 4. The number of rotatable bonds is 6. The number of amides is 1. The van der Waals surface area contributed by atoms with E-state index >= 15 is 0 Å². The van der Waals surface area contributed by atoms with Crippen LogP contribution >= 0.6 is 0 Å². The van der Waals surface area contributed by atoms with Gasteiger partial charge in [0.25, 0.3) is 5.56 Å². The highest BCUT2D eigenvalue weighted by Crippen LogP contribution is 2.18. The third kappa shape index (κ3) is 4.21. The molecule has 0 atom stereocenters. The van der Waals surface area contributed by atoms with E-state index in [4.69, 9.17) is 0 Å². The van der Waals surface area contributed by atoms with Gasteiger partial charge in [0.2, 0.25) is 5.91 Å². The monoisotopic (exact) mass is 391 g/mol. The molecule has 0 fully saturated rings. The van der Waals surface area contributed by atoms with Gasteiger partial charge in [0, 0.05) is 49.9 Å². The largest absolute Gasteiger partial charge is 0.352 e. The van der Waals surface area contributed by atoms with Crippen LogP contribution in [0.3, 0.4) is 0 Å². The average molecular weight is 391 g/mol. The fraction of sp³-hybridized carbons (Fsp3) is 0.143. The third-order valence-electron chi connectivity index (χ3n) is 4.56. The molecule has 0 aliphatic heterocycles. The molecule has 4 rings (SSSR count). The minimum Gasteiger partial charge on any atom is -0.352 e. The molecule has 7 nitrogen and oxygen atoms in total. The van der Waals surface area contributed by atoms with Gasteiger partial charge in [-0.25, -0.2) is 8.91 Å². The van der Waals surface area contributed by atoms with Crippen LogP contribution in [0.1, 0.15) is 12.0 Å². The molecule has 8 heteroatoms. The number of nitrogens with zero attached hydrogens (tertiary/aromatic N) is 4. The maximum atomic E-state index is 13.1. The van der Waals surface area contributed by atoms with Crippen LogP contribution in [-0.2, 0) is 17.9 Å². The van der Waals surface area contributed by atoms with Crippen molar-refractivity contribution in [2.45, 2.75) is 19.5 Å². The highest BCUT2D eigenvalue weighted by molar-refractivity contribution is 5.75. The average Bonchev–Trinajstić information content (AvgIpc) is 3.18. The number of hydrogen-bond donors (Lipinski definition) is 1. The maximum Gasteiger partial charge on any atom is 0.276 e. The van der Waals surface area contributed by atoms with Crippen LogP contribution in [0.25, 0.3) is 16.8 Å². The number of benzene rings is 1. The molecule has 3 aromatic heterocycles. The van der Waals surface area contributed by atoms with Crippen LogP contribution in [0.5, 0.6) is 0 Å². The molecule has 1 aromatic carbocycles. The molecule has 0 spiro atoms. The minimum absolute atomic E-state index is 0.144. The molecule has 4 aromatic rings. The first-order valence-electron chi connectivity index (χ1n) is 9.10. The van der Waals surface area contributed by atoms with E-state index < -0.39 is 0 Å². The summed E-state index contributed by atoms with van der Waals surface area (Å²) in [6.07, 6.45) is 6.79. The Balaban J connectivity index is 1.45. The summed E-state index contributed by atoms with van der Waals surface area (Å²) in [5.41, 5.74) is 2.41. The van der Waals surface area contributed by atoms with Gasteiger partial charge in [-0.15, -0.1) is 0 Å². The molecule has 0 aliphatic rings. The van der Waals surface area contributed by atoms with Crippen molar-refractivity contribution in [2.75, 3.05) is 0 Å². The Morgan fingerprint density at radius 2 is 1.83 bits per heavy atom. The Bertz CT molecular complexity index is 1200. The van der Waals surface area contributed by atoms with E-state index in [0.29, 0.717) is 17.8 Å². The molecule has 3 heterocycles. The van der Waals surface area contributed by atoms with Crippen LogP contribution in [0.4, 0.5) is 4.39 Å². The molecular formula is C21H18FN5O2. The summed E-state index contributed by atoms with van der Waals surface area (Å²) in [7, 11) is 0. The quantitative estimate of drug-likeness (QED) is 0.547. The SMILES string of the molecule is O=C(CCn1ccn2nc(-c3ccc(F)cc3)cc2c1=O)NCc1ccncc1. The first-order chi connectivity index (χ1) is 14.1. The number of aromatic nitrogens is 4. The number of carbonyl (C=O) groups excluding carboxylic acids is 1. The van der Waals surface area contributed by atoms with E-state index in [0.717, 1.165) is 11.1 Å². The molecule has 29 heavy (non-hydrogen) atoms. The zero-order valence-electron chi connectivity index (χ0n) is 15.5. The normalized spacial score (nSPS) is 10.9. The van der Waals surface area contributed by atoms with E-state index in [1.807, 2.05) is 12.1 Å². The summed E-state index contributed by atoms with van der Waals surface area (Å²) in [5.74, 6) is -0.476. The smallest absolute Gasteiger partial charge is 0.276 e. The van der Waals surface area contributed by atoms with Crippen molar-refractivity contribution in [1.29, 1.82) is 0 Å². The van der Waals surface area contributed by atoms with Crippen molar-refractivity contribution < 1.29 is 9.18 Å². The summed E-state index contributed by atoms with van der Waals surface area (Å²) >= 11 is 0. The van der Waals surface area contributed by atoms with Gasteiger partial charge in [-0.1, -0.05) is 0 Å². The number of carbonyl (C=O) groups is 1. The predicted molar refractivity (Wildman–Crippen MR) is 106 cm³/mol. The van der Waals surface area contributed by atoms with Crippen LogP contribution in [0, 0.1) is 5.82 Å². The van der Waals surface area contributed by atoms with Crippen LogP contribution in [-0.4, -0.2) is 25.1 Å². The number of pyridine rings is 1. The summed E-state index contributed by atoms with van der Waals surface area (Å²) in [5, 5.41) is 7.20. The van der Waals surface area contributed by atoms with Gasteiger partial charge in [-0.05, 0) is 48.0 Å².